The minimum atomic E-state index is -0.482. The number of allylic oxidation sites excluding steroid dienone is 1. The van der Waals surface area contributed by atoms with E-state index in [1.54, 1.807) is 24.3 Å². The molecule has 0 spiro atoms. The lowest BCUT2D eigenvalue weighted by atomic mass is 10.1. The minimum Gasteiger partial charge on any atom is -0.354 e. The highest BCUT2D eigenvalue weighted by molar-refractivity contribution is 5.64. The van der Waals surface area contributed by atoms with E-state index in [2.05, 4.69) is 12.2 Å². The molecule has 1 rings (SSSR count). The highest BCUT2D eigenvalue weighted by Gasteiger charge is 2.13. The first-order valence-electron chi connectivity index (χ1n) is 6.16. The molecular weight excluding hydrogens is 256 g/mol. The number of hydrogen-bond donors (Lipinski definition) is 1. The van der Waals surface area contributed by atoms with E-state index in [1.165, 1.54) is 6.07 Å². The quantitative estimate of drug-likeness (QED) is 0.485. The fraction of sp³-hybridized carbons (Fsp3) is 0.286. The average Bonchev–Trinajstić information content (AvgIpc) is 2.46. The van der Waals surface area contributed by atoms with Crippen molar-refractivity contribution < 1.29 is 4.92 Å². The van der Waals surface area contributed by atoms with E-state index in [9.17, 15) is 10.1 Å². The van der Waals surface area contributed by atoms with Crippen molar-refractivity contribution in [3.05, 3.63) is 45.6 Å². The Kier molecular flexibility index (Phi) is 5.74. The number of nitriles is 2. The van der Waals surface area contributed by atoms with Gasteiger partial charge in [-0.1, -0.05) is 19.4 Å². The molecular formula is C14H14N4O2. The van der Waals surface area contributed by atoms with E-state index in [0.29, 0.717) is 0 Å². The van der Waals surface area contributed by atoms with Crippen molar-refractivity contribution in [1.82, 2.24) is 0 Å². The van der Waals surface area contributed by atoms with Crippen LogP contribution in [0.15, 0.2) is 30.0 Å². The first-order valence-corrected chi connectivity index (χ1v) is 6.16. The van der Waals surface area contributed by atoms with Crippen LogP contribution in [0, 0.1) is 32.8 Å². The van der Waals surface area contributed by atoms with Crippen LogP contribution >= 0.6 is 0 Å². The highest BCUT2D eigenvalue weighted by Crippen LogP contribution is 2.26. The first kappa shape index (κ1) is 15.2. The van der Waals surface area contributed by atoms with Gasteiger partial charge in [-0.3, -0.25) is 10.1 Å². The monoisotopic (exact) mass is 270 g/mol. The van der Waals surface area contributed by atoms with E-state index in [0.717, 1.165) is 31.0 Å². The fourth-order valence-electron chi connectivity index (χ4n) is 1.63. The number of nitrogens with one attached hydrogen (secondary N) is 1. The molecule has 0 aliphatic carbocycles. The maximum absolute atomic E-state index is 11.0. The summed E-state index contributed by atoms with van der Waals surface area (Å²) in [6.45, 7) is 2.06. The minimum absolute atomic E-state index is 0.0647. The average molecular weight is 270 g/mol. The predicted octanol–water partition coefficient (Wildman–Crippen LogP) is 3.28. The zero-order valence-electron chi connectivity index (χ0n) is 11.1. The summed E-state index contributed by atoms with van der Waals surface area (Å²) < 4.78 is 0. The molecule has 0 saturated heterocycles. The van der Waals surface area contributed by atoms with Gasteiger partial charge in [0.05, 0.1) is 4.92 Å². The van der Waals surface area contributed by atoms with Gasteiger partial charge in [0.2, 0.25) is 0 Å². The molecule has 0 aromatic heterocycles. The molecule has 0 radical (unpaired) electrons. The van der Waals surface area contributed by atoms with Crippen molar-refractivity contribution in [1.29, 1.82) is 10.5 Å². The Balaban J connectivity index is 3.03. The smallest absolute Gasteiger partial charge is 0.292 e. The molecule has 1 aromatic carbocycles. The molecule has 1 N–H and O–H groups in total. The zero-order chi connectivity index (χ0) is 15.0. The van der Waals surface area contributed by atoms with E-state index in [-0.39, 0.29) is 16.9 Å². The number of aryl methyl sites for hydroxylation is 1. The predicted molar refractivity (Wildman–Crippen MR) is 74.6 cm³/mol. The lowest BCUT2D eigenvalue weighted by Gasteiger charge is -2.05. The van der Waals surface area contributed by atoms with Crippen LogP contribution in [0.2, 0.25) is 0 Å². The Morgan fingerprint density at radius 1 is 1.45 bits per heavy atom. The van der Waals surface area contributed by atoms with Crippen molar-refractivity contribution in [2.45, 2.75) is 26.2 Å². The van der Waals surface area contributed by atoms with Gasteiger partial charge in [-0.05, 0) is 24.5 Å². The SMILES string of the molecule is CCCCc1ccc(NC=C(C#N)C#N)c([N+](=O)[O-])c1. The third-order valence-electron chi connectivity index (χ3n) is 2.69. The van der Waals surface area contributed by atoms with Crippen molar-refractivity contribution in [2.75, 3.05) is 5.32 Å². The lowest BCUT2D eigenvalue weighted by Crippen LogP contribution is -1.98. The van der Waals surface area contributed by atoms with Gasteiger partial charge in [0.25, 0.3) is 5.69 Å². The molecule has 0 atom stereocenters. The van der Waals surface area contributed by atoms with Gasteiger partial charge in [0.1, 0.15) is 23.4 Å². The van der Waals surface area contributed by atoms with Gasteiger partial charge in [0.15, 0.2) is 0 Å². The zero-order valence-corrected chi connectivity index (χ0v) is 11.1. The molecule has 1 aromatic rings. The summed E-state index contributed by atoms with van der Waals surface area (Å²) in [7, 11) is 0. The number of nitrogens with zero attached hydrogens (tertiary/aromatic N) is 3. The van der Waals surface area contributed by atoms with Crippen molar-refractivity contribution in [2.24, 2.45) is 0 Å². The van der Waals surface area contributed by atoms with Gasteiger partial charge in [0, 0.05) is 12.3 Å². The molecule has 0 bridgehead atoms. The molecule has 0 saturated carbocycles. The third-order valence-corrected chi connectivity index (χ3v) is 2.69. The standard InChI is InChI=1S/C14H14N4O2/c1-2-3-4-11-5-6-13(14(7-11)18(19)20)17-10-12(8-15)9-16/h5-7,10,17H,2-4H2,1H3. The number of benzene rings is 1. The fourth-order valence-corrected chi connectivity index (χ4v) is 1.63. The maximum Gasteiger partial charge on any atom is 0.292 e. The normalized spacial score (nSPS) is 9.15. The number of nitro benzene ring substituents is 1. The van der Waals surface area contributed by atoms with Crippen LogP contribution in [0.5, 0.6) is 0 Å². The second-order valence-electron chi connectivity index (χ2n) is 4.14. The summed E-state index contributed by atoms with van der Waals surface area (Å²) in [5.74, 6) is 0. The van der Waals surface area contributed by atoms with Crippen LogP contribution in [0.4, 0.5) is 11.4 Å². The highest BCUT2D eigenvalue weighted by atomic mass is 16.6. The maximum atomic E-state index is 11.0. The molecule has 0 heterocycles. The van der Waals surface area contributed by atoms with E-state index >= 15 is 0 Å². The van der Waals surface area contributed by atoms with E-state index in [1.807, 2.05) is 0 Å². The van der Waals surface area contributed by atoms with Crippen LogP contribution in [-0.2, 0) is 6.42 Å². The van der Waals surface area contributed by atoms with Crippen molar-refractivity contribution in [3.8, 4) is 12.1 Å². The molecule has 6 heteroatoms. The third kappa shape index (κ3) is 4.11. The van der Waals surface area contributed by atoms with Gasteiger partial charge in [-0.2, -0.15) is 10.5 Å². The Morgan fingerprint density at radius 2 is 2.15 bits per heavy atom. The number of hydrogen-bond acceptors (Lipinski definition) is 5. The second kappa shape index (κ2) is 7.55. The largest absolute Gasteiger partial charge is 0.354 e. The van der Waals surface area contributed by atoms with Crippen LogP contribution in [0.1, 0.15) is 25.3 Å². The van der Waals surface area contributed by atoms with Gasteiger partial charge in [-0.25, -0.2) is 0 Å². The summed E-state index contributed by atoms with van der Waals surface area (Å²) in [6.07, 6.45) is 3.93. The number of nitro groups is 1. The van der Waals surface area contributed by atoms with Crippen molar-refractivity contribution >= 4 is 11.4 Å². The number of rotatable bonds is 6. The summed E-state index contributed by atoms with van der Waals surface area (Å²) >= 11 is 0. The van der Waals surface area contributed by atoms with E-state index in [4.69, 9.17) is 10.5 Å². The second-order valence-corrected chi connectivity index (χ2v) is 4.14. The van der Waals surface area contributed by atoms with Gasteiger partial charge >= 0.3 is 0 Å². The Morgan fingerprint density at radius 3 is 2.70 bits per heavy atom. The number of unbranched alkanes of at least 4 members (excludes halogenated alkanes) is 1. The molecule has 0 unspecified atom stereocenters. The molecule has 6 nitrogen and oxygen atoms in total. The summed E-state index contributed by atoms with van der Waals surface area (Å²) in [5.41, 5.74) is 0.951. The summed E-state index contributed by atoms with van der Waals surface area (Å²) in [4.78, 5) is 10.6. The molecule has 102 valence electrons. The first-order chi connectivity index (χ1) is 9.62. The van der Waals surface area contributed by atoms with Crippen LogP contribution in [0.25, 0.3) is 0 Å². The molecule has 0 fully saturated rings. The summed E-state index contributed by atoms with van der Waals surface area (Å²) in [5, 5.41) is 30.9. The van der Waals surface area contributed by atoms with Crippen molar-refractivity contribution in [3.63, 3.8) is 0 Å². The van der Waals surface area contributed by atoms with Crippen LogP contribution in [-0.4, -0.2) is 4.92 Å². The Labute approximate surface area is 117 Å². The van der Waals surface area contributed by atoms with E-state index < -0.39 is 4.92 Å². The Bertz CT molecular complexity index is 593. The van der Waals surface area contributed by atoms with Gasteiger partial charge < -0.3 is 5.32 Å². The number of anilines is 1. The molecule has 20 heavy (non-hydrogen) atoms. The topological polar surface area (TPSA) is 103 Å². The molecule has 0 amide bonds. The van der Waals surface area contributed by atoms with Crippen LogP contribution in [0.3, 0.4) is 0 Å². The van der Waals surface area contributed by atoms with Crippen LogP contribution < -0.4 is 5.32 Å². The van der Waals surface area contributed by atoms with Gasteiger partial charge in [-0.15, -0.1) is 0 Å². The lowest BCUT2D eigenvalue weighted by molar-refractivity contribution is -0.384. The Hall–Kier alpha value is -2.86. The molecule has 0 aliphatic heterocycles. The molecule has 0 aliphatic rings. The summed E-state index contributed by atoms with van der Waals surface area (Å²) in [6, 6.07) is 8.27.